The van der Waals surface area contributed by atoms with E-state index < -0.39 is 15.3 Å². The van der Waals surface area contributed by atoms with E-state index in [4.69, 9.17) is 4.42 Å². The van der Waals surface area contributed by atoms with Crippen molar-refractivity contribution in [1.29, 1.82) is 0 Å². The predicted molar refractivity (Wildman–Crippen MR) is 62.9 cm³/mol. The predicted octanol–water partition coefficient (Wildman–Crippen LogP) is 2.12. The van der Waals surface area contributed by atoms with Crippen molar-refractivity contribution in [3.8, 4) is 0 Å². The van der Waals surface area contributed by atoms with Crippen LogP contribution in [0.2, 0.25) is 0 Å². The summed E-state index contributed by atoms with van der Waals surface area (Å²) in [5.41, 5.74) is -0.186. The van der Waals surface area contributed by atoms with Crippen LogP contribution in [0.3, 0.4) is 0 Å². The number of oxazole rings is 1. The molecule has 1 aromatic rings. The van der Waals surface area contributed by atoms with Crippen molar-refractivity contribution >= 4 is 16.0 Å². The second kappa shape index (κ2) is 4.08. The number of anilines is 1. The maximum Gasteiger partial charge on any atom is 0.308 e. The molecule has 0 fully saturated rings. The van der Waals surface area contributed by atoms with Crippen molar-refractivity contribution in [2.75, 3.05) is 4.72 Å². The second-order valence-corrected chi connectivity index (χ2v) is 7.21. The summed E-state index contributed by atoms with van der Waals surface area (Å²) < 4.78 is 30.7. The van der Waals surface area contributed by atoms with Gasteiger partial charge in [-0.25, -0.2) is 18.1 Å². The number of hydrogen-bond donors (Lipinski definition) is 1. The zero-order valence-corrected chi connectivity index (χ0v) is 11.1. The van der Waals surface area contributed by atoms with E-state index in [2.05, 4.69) is 9.71 Å². The van der Waals surface area contributed by atoms with E-state index >= 15 is 0 Å². The van der Waals surface area contributed by atoms with E-state index in [1.807, 2.05) is 20.8 Å². The lowest BCUT2D eigenvalue weighted by Gasteiger charge is -2.13. The van der Waals surface area contributed by atoms with Gasteiger partial charge in [0.15, 0.2) is 0 Å². The molecule has 6 heteroatoms. The van der Waals surface area contributed by atoms with Crippen molar-refractivity contribution in [3.63, 3.8) is 0 Å². The first-order chi connectivity index (χ1) is 7.13. The maximum atomic E-state index is 11.5. The van der Waals surface area contributed by atoms with Crippen LogP contribution in [0.4, 0.5) is 6.01 Å². The van der Waals surface area contributed by atoms with E-state index in [1.54, 1.807) is 13.8 Å². The third-order valence-electron chi connectivity index (χ3n) is 2.10. The zero-order valence-electron chi connectivity index (χ0n) is 10.2. The minimum Gasteiger partial charge on any atom is -0.428 e. The van der Waals surface area contributed by atoms with Crippen molar-refractivity contribution < 1.29 is 12.8 Å². The van der Waals surface area contributed by atoms with Crippen LogP contribution in [0.25, 0.3) is 0 Å². The summed E-state index contributed by atoms with van der Waals surface area (Å²) in [6, 6.07) is 0.0265. The van der Waals surface area contributed by atoms with Crippen LogP contribution >= 0.6 is 0 Å². The fourth-order valence-corrected chi connectivity index (χ4v) is 1.48. The smallest absolute Gasteiger partial charge is 0.308 e. The summed E-state index contributed by atoms with van der Waals surface area (Å²) >= 11 is 0. The Kier molecular flexibility index (Phi) is 3.33. The molecule has 1 N–H and O–H groups in total. The number of rotatable bonds is 3. The van der Waals surface area contributed by atoms with Crippen LogP contribution in [0.15, 0.2) is 10.6 Å². The SMILES string of the molecule is CC(C)S(=O)(=O)Nc1ncc(C(C)(C)C)o1. The summed E-state index contributed by atoms with van der Waals surface area (Å²) in [5.74, 6) is 0.647. The Hall–Kier alpha value is -1.04. The Morgan fingerprint density at radius 2 is 1.94 bits per heavy atom. The molecule has 0 aromatic carbocycles. The molecule has 0 radical (unpaired) electrons. The summed E-state index contributed by atoms with van der Waals surface area (Å²) in [6.07, 6.45) is 1.54. The lowest BCUT2D eigenvalue weighted by Crippen LogP contribution is -2.22. The Labute approximate surface area is 96.3 Å². The van der Waals surface area contributed by atoms with Gasteiger partial charge >= 0.3 is 6.01 Å². The molecule has 0 unspecified atom stereocenters. The van der Waals surface area contributed by atoms with E-state index in [1.165, 1.54) is 6.20 Å². The molecule has 0 spiro atoms. The van der Waals surface area contributed by atoms with Gasteiger partial charge in [0.1, 0.15) is 5.76 Å². The number of hydrogen-bond acceptors (Lipinski definition) is 4. The quantitative estimate of drug-likeness (QED) is 0.886. The lowest BCUT2D eigenvalue weighted by atomic mass is 9.94. The molecular weight excluding hydrogens is 228 g/mol. The molecule has 5 nitrogen and oxygen atoms in total. The molecule has 0 aliphatic carbocycles. The van der Waals surface area contributed by atoms with Crippen LogP contribution in [0, 0.1) is 0 Å². The highest BCUT2D eigenvalue weighted by Crippen LogP contribution is 2.24. The summed E-state index contributed by atoms with van der Waals surface area (Å²) in [4.78, 5) is 3.89. The van der Waals surface area contributed by atoms with Crippen LogP contribution in [0.1, 0.15) is 40.4 Å². The van der Waals surface area contributed by atoms with Gasteiger partial charge in [-0.1, -0.05) is 20.8 Å². The highest BCUT2D eigenvalue weighted by molar-refractivity contribution is 7.93. The number of sulfonamides is 1. The molecule has 1 rings (SSSR count). The third kappa shape index (κ3) is 2.98. The van der Waals surface area contributed by atoms with Crippen molar-refractivity contribution in [2.24, 2.45) is 0 Å². The minimum absolute atomic E-state index is 0.0265. The molecule has 0 saturated carbocycles. The van der Waals surface area contributed by atoms with Crippen LogP contribution < -0.4 is 4.72 Å². The summed E-state index contributed by atoms with van der Waals surface area (Å²) in [5, 5.41) is -0.516. The van der Waals surface area contributed by atoms with E-state index in [0.717, 1.165) is 0 Å². The number of nitrogens with zero attached hydrogens (tertiary/aromatic N) is 1. The fraction of sp³-hybridized carbons (Fsp3) is 0.700. The Bertz CT molecular complexity index is 455. The van der Waals surface area contributed by atoms with Gasteiger partial charge in [-0.05, 0) is 13.8 Å². The van der Waals surface area contributed by atoms with Gasteiger partial charge in [0, 0.05) is 5.41 Å². The monoisotopic (exact) mass is 246 g/mol. The van der Waals surface area contributed by atoms with E-state index in [-0.39, 0.29) is 11.4 Å². The second-order valence-electron chi connectivity index (χ2n) is 4.98. The van der Waals surface area contributed by atoms with Gasteiger partial charge in [0.05, 0.1) is 11.4 Å². The van der Waals surface area contributed by atoms with Crippen LogP contribution in [-0.2, 0) is 15.4 Å². The van der Waals surface area contributed by atoms with Crippen LogP contribution in [0.5, 0.6) is 0 Å². The molecule has 0 saturated heterocycles. The Balaban J connectivity index is 2.90. The van der Waals surface area contributed by atoms with Gasteiger partial charge in [0.2, 0.25) is 10.0 Å². The highest BCUT2D eigenvalue weighted by atomic mass is 32.2. The van der Waals surface area contributed by atoms with Gasteiger partial charge in [0.25, 0.3) is 0 Å². The molecule has 0 atom stereocenters. The standard InChI is InChI=1S/C10H18N2O3S/c1-7(2)16(13,14)12-9-11-6-8(15-9)10(3,4)5/h6-7H,1-5H3,(H,11,12). The Morgan fingerprint density at radius 1 is 1.38 bits per heavy atom. The topological polar surface area (TPSA) is 72.2 Å². The molecule has 1 heterocycles. The first-order valence-corrected chi connectivity index (χ1v) is 6.65. The molecule has 0 amide bonds. The molecule has 0 bridgehead atoms. The normalized spacial score (nSPS) is 13.1. The molecular formula is C10H18N2O3S. The van der Waals surface area contributed by atoms with Crippen molar-refractivity contribution in [1.82, 2.24) is 4.98 Å². The molecule has 0 aliphatic rings. The molecule has 16 heavy (non-hydrogen) atoms. The zero-order chi connectivity index (χ0) is 12.6. The van der Waals surface area contributed by atoms with Gasteiger partial charge < -0.3 is 4.42 Å². The van der Waals surface area contributed by atoms with Crippen molar-refractivity contribution in [3.05, 3.63) is 12.0 Å². The van der Waals surface area contributed by atoms with Crippen LogP contribution in [-0.4, -0.2) is 18.7 Å². The average Bonchev–Trinajstić information content (AvgIpc) is 2.50. The molecule has 0 aliphatic heterocycles. The highest BCUT2D eigenvalue weighted by Gasteiger charge is 2.22. The van der Waals surface area contributed by atoms with E-state index in [9.17, 15) is 8.42 Å². The fourth-order valence-electron chi connectivity index (χ4n) is 0.908. The third-order valence-corrected chi connectivity index (χ3v) is 3.80. The van der Waals surface area contributed by atoms with Gasteiger partial charge in [-0.2, -0.15) is 0 Å². The first kappa shape index (κ1) is 13.0. The Morgan fingerprint density at radius 3 is 2.31 bits per heavy atom. The molecule has 92 valence electrons. The lowest BCUT2D eigenvalue weighted by molar-refractivity contribution is 0.418. The van der Waals surface area contributed by atoms with Gasteiger partial charge in [-0.3, -0.25) is 0 Å². The molecule has 1 aromatic heterocycles. The van der Waals surface area contributed by atoms with E-state index in [0.29, 0.717) is 5.76 Å². The summed E-state index contributed by atoms with van der Waals surface area (Å²) in [7, 11) is -3.39. The van der Waals surface area contributed by atoms with Crippen molar-refractivity contribution in [2.45, 2.75) is 45.3 Å². The van der Waals surface area contributed by atoms with Gasteiger partial charge in [-0.15, -0.1) is 0 Å². The number of aromatic nitrogens is 1. The largest absolute Gasteiger partial charge is 0.428 e. The first-order valence-electron chi connectivity index (χ1n) is 5.11. The minimum atomic E-state index is -3.39. The number of nitrogens with one attached hydrogen (secondary N) is 1. The maximum absolute atomic E-state index is 11.5. The average molecular weight is 246 g/mol. The summed E-state index contributed by atoms with van der Waals surface area (Å²) in [6.45, 7) is 9.09.